The zero-order chi connectivity index (χ0) is 10.4. The van der Waals surface area contributed by atoms with Gasteiger partial charge in [0.05, 0.1) is 5.69 Å². The summed E-state index contributed by atoms with van der Waals surface area (Å²) >= 11 is 0. The maximum absolute atomic E-state index is 5.16. The van der Waals surface area contributed by atoms with Crippen molar-refractivity contribution in [3.8, 4) is 12.3 Å². The van der Waals surface area contributed by atoms with Gasteiger partial charge in [0.1, 0.15) is 0 Å². The van der Waals surface area contributed by atoms with Crippen LogP contribution in [0.25, 0.3) is 0 Å². The van der Waals surface area contributed by atoms with Gasteiger partial charge in [-0.1, -0.05) is 0 Å². The van der Waals surface area contributed by atoms with Crippen LogP contribution in [-0.2, 0) is 6.54 Å². The van der Waals surface area contributed by atoms with E-state index in [2.05, 4.69) is 21.4 Å². The highest BCUT2D eigenvalue weighted by molar-refractivity contribution is 5.22. The van der Waals surface area contributed by atoms with Gasteiger partial charge in [-0.25, -0.2) is 0 Å². The van der Waals surface area contributed by atoms with E-state index in [1.165, 1.54) is 5.56 Å². The molecule has 0 unspecified atom stereocenters. The normalized spacial score (nSPS) is 10.1. The lowest BCUT2D eigenvalue weighted by Gasteiger charge is -2.03. The van der Waals surface area contributed by atoms with E-state index >= 15 is 0 Å². The fourth-order valence-electron chi connectivity index (χ4n) is 1.36. The van der Waals surface area contributed by atoms with Gasteiger partial charge in [0.2, 0.25) is 0 Å². The molecule has 3 heteroatoms. The van der Waals surface area contributed by atoms with Gasteiger partial charge in [-0.05, 0) is 26.8 Å². The van der Waals surface area contributed by atoms with Crippen molar-refractivity contribution in [1.82, 2.24) is 15.5 Å². The number of terminal acetylenes is 1. The summed E-state index contributed by atoms with van der Waals surface area (Å²) in [4.78, 5) is 0. The minimum absolute atomic E-state index is 0.844. The van der Waals surface area contributed by atoms with E-state index in [9.17, 15) is 0 Å². The van der Waals surface area contributed by atoms with Gasteiger partial charge >= 0.3 is 0 Å². The first-order chi connectivity index (χ1) is 6.75. The molecular weight excluding hydrogens is 174 g/mol. The topological polar surface area (TPSA) is 40.7 Å². The van der Waals surface area contributed by atoms with Gasteiger partial charge in [0.15, 0.2) is 0 Å². The smallest absolute Gasteiger partial charge is 0.0638 e. The highest BCUT2D eigenvalue weighted by Crippen LogP contribution is 2.08. The van der Waals surface area contributed by atoms with Crippen LogP contribution < -0.4 is 5.32 Å². The molecule has 0 aliphatic heterocycles. The number of aryl methyl sites for hydroxylation is 2. The Bertz CT molecular complexity index is 300. The molecule has 0 aromatic carbocycles. The van der Waals surface area contributed by atoms with Crippen molar-refractivity contribution in [2.45, 2.75) is 33.2 Å². The summed E-state index contributed by atoms with van der Waals surface area (Å²) in [6, 6.07) is 0. The number of H-pyrrole nitrogens is 1. The maximum Gasteiger partial charge on any atom is 0.0638 e. The number of hydrogen-bond donors (Lipinski definition) is 2. The molecule has 0 bridgehead atoms. The van der Waals surface area contributed by atoms with E-state index < -0.39 is 0 Å². The van der Waals surface area contributed by atoms with Crippen molar-refractivity contribution in [1.29, 1.82) is 0 Å². The van der Waals surface area contributed by atoms with Crippen LogP contribution in [0.4, 0.5) is 0 Å². The second-order valence-corrected chi connectivity index (χ2v) is 3.40. The van der Waals surface area contributed by atoms with Gasteiger partial charge in [0.25, 0.3) is 0 Å². The minimum Gasteiger partial charge on any atom is -0.313 e. The van der Waals surface area contributed by atoms with Crippen molar-refractivity contribution in [2.75, 3.05) is 6.54 Å². The van der Waals surface area contributed by atoms with Crippen molar-refractivity contribution in [3.63, 3.8) is 0 Å². The van der Waals surface area contributed by atoms with Gasteiger partial charge in [0, 0.05) is 24.2 Å². The standard InChI is InChI=1S/C11H17N3/c1-4-5-6-7-12-8-11-9(2)13-14-10(11)3/h1,12H,5-8H2,2-3H3,(H,13,14). The lowest BCUT2D eigenvalue weighted by Crippen LogP contribution is -2.15. The first-order valence-electron chi connectivity index (χ1n) is 4.90. The number of hydrogen-bond acceptors (Lipinski definition) is 2. The summed E-state index contributed by atoms with van der Waals surface area (Å²) in [5.41, 5.74) is 3.49. The van der Waals surface area contributed by atoms with E-state index in [-0.39, 0.29) is 0 Å². The van der Waals surface area contributed by atoms with Crippen LogP contribution in [0.5, 0.6) is 0 Å². The molecule has 0 saturated heterocycles. The van der Waals surface area contributed by atoms with E-state index in [0.717, 1.165) is 37.3 Å². The SMILES string of the molecule is C#CCCCNCc1c(C)n[nH]c1C. The zero-order valence-electron chi connectivity index (χ0n) is 8.85. The van der Waals surface area contributed by atoms with E-state index in [1.807, 2.05) is 13.8 Å². The molecule has 0 radical (unpaired) electrons. The fraction of sp³-hybridized carbons (Fsp3) is 0.545. The molecule has 3 nitrogen and oxygen atoms in total. The number of nitrogens with one attached hydrogen (secondary N) is 2. The minimum atomic E-state index is 0.844. The van der Waals surface area contributed by atoms with Crippen molar-refractivity contribution < 1.29 is 0 Å². The summed E-state index contributed by atoms with van der Waals surface area (Å²) in [6.45, 7) is 5.90. The molecule has 0 aliphatic rings. The Balaban J connectivity index is 2.28. The summed E-state index contributed by atoms with van der Waals surface area (Å²) < 4.78 is 0. The van der Waals surface area contributed by atoms with Crippen molar-refractivity contribution >= 4 is 0 Å². The monoisotopic (exact) mass is 191 g/mol. The number of rotatable bonds is 5. The number of unbranched alkanes of at least 4 members (excludes halogenated alkanes) is 1. The molecule has 1 aromatic rings. The van der Waals surface area contributed by atoms with Gasteiger partial charge in [-0.3, -0.25) is 5.10 Å². The average Bonchev–Trinajstić information content (AvgIpc) is 2.48. The fourth-order valence-corrected chi connectivity index (χ4v) is 1.36. The summed E-state index contributed by atoms with van der Waals surface area (Å²) in [5, 5.41) is 10.4. The van der Waals surface area contributed by atoms with Crippen LogP contribution in [0.15, 0.2) is 0 Å². The highest BCUT2D eigenvalue weighted by atomic mass is 15.1. The first-order valence-corrected chi connectivity index (χ1v) is 4.90. The van der Waals surface area contributed by atoms with Crippen LogP contribution in [0.2, 0.25) is 0 Å². The summed E-state index contributed by atoms with van der Waals surface area (Å²) in [6.07, 6.45) is 7.04. The number of aromatic nitrogens is 2. The molecule has 0 spiro atoms. The van der Waals surface area contributed by atoms with Crippen LogP contribution >= 0.6 is 0 Å². The van der Waals surface area contributed by atoms with Crippen LogP contribution in [0.1, 0.15) is 29.8 Å². The molecule has 0 saturated carbocycles. The molecule has 1 rings (SSSR count). The van der Waals surface area contributed by atoms with Crippen LogP contribution in [0.3, 0.4) is 0 Å². The summed E-state index contributed by atoms with van der Waals surface area (Å²) in [5.74, 6) is 2.63. The Morgan fingerprint density at radius 3 is 2.86 bits per heavy atom. The molecular formula is C11H17N3. The summed E-state index contributed by atoms with van der Waals surface area (Å²) in [7, 11) is 0. The second-order valence-electron chi connectivity index (χ2n) is 3.40. The number of aromatic amines is 1. The molecule has 0 aliphatic carbocycles. The molecule has 14 heavy (non-hydrogen) atoms. The lowest BCUT2D eigenvalue weighted by molar-refractivity contribution is 0.655. The second kappa shape index (κ2) is 5.46. The molecule has 2 N–H and O–H groups in total. The predicted molar refractivity (Wildman–Crippen MR) is 57.8 cm³/mol. The van der Waals surface area contributed by atoms with Crippen molar-refractivity contribution in [3.05, 3.63) is 17.0 Å². The van der Waals surface area contributed by atoms with Crippen LogP contribution in [-0.4, -0.2) is 16.7 Å². The Morgan fingerprint density at radius 1 is 1.50 bits per heavy atom. The number of nitrogens with zero attached hydrogens (tertiary/aromatic N) is 1. The Morgan fingerprint density at radius 2 is 2.29 bits per heavy atom. The average molecular weight is 191 g/mol. The molecule has 1 aromatic heterocycles. The maximum atomic E-state index is 5.16. The van der Waals surface area contributed by atoms with Crippen LogP contribution in [0, 0.1) is 26.2 Å². The predicted octanol–water partition coefficient (Wildman–Crippen LogP) is 1.53. The third-order valence-corrected chi connectivity index (χ3v) is 2.26. The Labute approximate surface area is 85.3 Å². The first kappa shape index (κ1) is 10.8. The van der Waals surface area contributed by atoms with E-state index in [4.69, 9.17) is 6.42 Å². The third kappa shape index (κ3) is 2.90. The zero-order valence-corrected chi connectivity index (χ0v) is 8.85. The molecule has 1 heterocycles. The third-order valence-electron chi connectivity index (χ3n) is 2.26. The van der Waals surface area contributed by atoms with Gasteiger partial charge < -0.3 is 5.32 Å². The van der Waals surface area contributed by atoms with Gasteiger partial charge in [-0.15, -0.1) is 12.3 Å². The highest BCUT2D eigenvalue weighted by Gasteiger charge is 2.04. The Hall–Kier alpha value is -1.27. The molecule has 0 atom stereocenters. The largest absolute Gasteiger partial charge is 0.313 e. The van der Waals surface area contributed by atoms with E-state index in [0.29, 0.717) is 0 Å². The van der Waals surface area contributed by atoms with E-state index in [1.54, 1.807) is 0 Å². The molecule has 76 valence electrons. The molecule has 0 amide bonds. The quantitative estimate of drug-likeness (QED) is 0.547. The lowest BCUT2D eigenvalue weighted by atomic mass is 10.2. The van der Waals surface area contributed by atoms with Gasteiger partial charge in [-0.2, -0.15) is 5.10 Å². The molecule has 0 fully saturated rings. The Kier molecular flexibility index (Phi) is 4.21. The van der Waals surface area contributed by atoms with Crippen molar-refractivity contribution in [2.24, 2.45) is 0 Å².